The van der Waals surface area contributed by atoms with Gasteiger partial charge in [-0.1, -0.05) is 17.8 Å². The van der Waals surface area contributed by atoms with Crippen LogP contribution in [0.15, 0.2) is 34.1 Å². The zero-order valence-electron chi connectivity index (χ0n) is 10.4. The minimum absolute atomic E-state index is 0.833. The van der Waals surface area contributed by atoms with E-state index in [4.69, 9.17) is 0 Å². The third-order valence-corrected chi connectivity index (χ3v) is 5.69. The average molecular weight is 307 g/mol. The zero-order chi connectivity index (χ0) is 13.1. The van der Waals surface area contributed by atoms with Gasteiger partial charge in [0.2, 0.25) is 5.16 Å². The lowest BCUT2D eigenvalue weighted by Crippen LogP contribution is -1.87. The highest BCUT2D eigenvalue weighted by Gasteiger charge is 2.07. The van der Waals surface area contributed by atoms with Gasteiger partial charge in [0.15, 0.2) is 0 Å². The van der Waals surface area contributed by atoms with E-state index < -0.39 is 0 Å². The van der Waals surface area contributed by atoms with Crippen LogP contribution in [0.4, 0.5) is 0 Å². The molecule has 0 saturated carbocycles. The van der Waals surface area contributed by atoms with E-state index >= 15 is 0 Å². The normalized spacial score (nSPS) is 11.0. The van der Waals surface area contributed by atoms with Crippen LogP contribution in [0, 0.1) is 6.92 Å². The van der Waals surface area contributed by atoms with Crippen molar-refractivity contribution < 1.29 is 0 Å². The summed E-state index contributed by atoms with van der Waals surface area (Å²) in [6.45, 7) is 2.15. The van der Waals surface area contributed by atoms with Crippen LogP contribution in [0.1, 0.15) is 21.1 Å². The molecule has 3 aromatic heterocycles. The van der Waals surface area contributed by atoms with Crippen LogP contribution < -0.4 is 0 Å². The Morgan fingerprint density at radius 3 is 2.95 bits per heavy atom. The molecule has 0 aromatic carbocycles. The fourth-order valence-corrected chi connectivity index (χ4v) is 4.30. The molecular weight excluding hydrogens is 294 g/mol. The van der Waals surface area contributed by atoms with Crippen molar-refractivity contribution in [1.29, 1.82) is 0 Å². The van der Waals surface area contributed by atoms with Gasteiger partial charge >= 0.3 is 0 Å². The summed E-state index contributed by atoms with van der Waals surface area (Å²) < 4.78 is 0. The van der Waals surface area contributed by atoms with E-state index in [1.54, 1.807) is 34.4 Å². The van der Waals surface area contributed by atoms with Crippen molar-refractivity contribution >= 4 is 34.4 Å². The summed E-state index contributed by atoms with van der Waals surface area (Å²) in [6.07, 6.45) is 0.837. The SMILES string of the molecule is Cc1ccsc1CSc1n[nH]c(Cc2cccs2)n1. The van der Waals surface area contributed by atoms with Gasteiger partial charge in [-0.3, -0.25) is 5.10 Å². The standard InChI is InChI=1S/C13H13N3S3/c1-9-4-6-18-11(9)8-19-13-14-12(15-16-13)7-10-3-2-5-17-10/h2-6H,7-8H2,1H3,(H,14,15,16). The molecule has 0 spiro atoms. The van der Waals surface area contributed by atoms with Crippen LogP contribution in [0.3, 0.4) is 0 Å². The first-order valence-corrected chi connectivity index (χ1v) is 8.65. The van der Waals surface area contributed by atoms with Crippen molar-refractivity contribution in [2.24, 2.45) is 0 Å². The number of hydrogen-bond acceptors (Lipinski definition) is 5. The molecule has 3 heterocycles. The van der Waals surface area contributed by atoms with E-state index in [0.717, 1.165) is 23.2 Å². The number of rotatable bonds is 5. The third-order valence-electron chi connectivity index (χ3n) is 2.73. The van der Waals surface area contributed by atoms with Gasteiger partial charge in [0.05, 0.1) is 0 Å². The number of aromatic nitrogens is 3. The quantitative estimate of drug-likeness (QED) is 0.721. The molecule has 0 aliphatic rings. The molecule has 0 aliphatic carbocycles. The van der Waals surface area contributed by atoms with Crippen molar-refractivity contribution in [3.8, 4) is 0 Å². The van der Waals surface area contributed by atoms with Crippen molar-refractivity contribution in [3.63, 3.8) is 0 Å². The van der Waals surface area contributed by atoms with Crippen LogP contribution in [-0.2, 0) is 12.2 Å². The van der Waals surface area contributed by atoms with E-state index in [0.29, 0.717) is 0 Å². The van der Waals surface area contributed by atoms with E-state index in [9.17, 15) is 0 Å². The predicted molar refractivity (Wildman–Crippen MR) is 82.1 cm³/mol. The summed E-state index contributed by atoms with van der Waals surface area (Å²) in [5, 5.41) is 12.3. The highest BCUT2D eigenvalue weighted by atomic mass is 32.2. The Morgan fingerprint density at radius 2 is 2.21 bits per heavy atom. The van der Waals surface area contributed by atoms with Crippen LogP contribution in [0.5, 0.6) is 0 Å². The molecule has 0 amide bonds. The lowest BCUT2D eigenvalue weighted by atomic mass is 10.3. The van der Waals surface area contributed by atoms with Crippen molar-refractivity contribution in [1.82, 2.24) is 15.2 Å². The molecule has 1 N–H and O–H groups in total. The Bertz CT molecular complexity index is 640. The van der Waals surface area contributed by atoms with Crippen LogP contribution in [-0.4, -0.2) is 15.2 Å². The van der Waals surface area contributed by atoms with E-state index in [1.165, 1.54) is 15.3 Å². The lowest BCUT2D eigenvalue weighted by Gasteiger charge is -1.95. The zero-order valence-corrected chi connectivity index (χ0v) is 12.9. The summed E-state index contributed by atoms with van der Waals surface area (Å²) in [7, 11) is 0. The molecule has 6 heteroatoms. The highest BCUT2D eigenvalue weighted by Crippen LogP contribution is 2.25. The molecule has 0 aliphatic heterocycles. The topological polar surface area (TPSA) is 41.6 Å². The van der Waals surface area contributed by atoms with Crippen LogP contribution >= 0.6 is 34.4 Å². The molecule has 98 valence electrons. The number of H-pyrrole nitrogens is 1. The first-order chi connectivity index (χ1) is 9.31. The fraction of sp³-hybridized carbons (Fsp3) is 0.231. The smallest absolute Gasteiger partial charge is 0.208 e. The van der Waals surface area contributed by atoms with Gasteiger partial charge in [-0.05, 0) is 35.4 Å². The van der Waals surface area contributed by atoms with Gasteiger partial charge in [-0.2, -0.15) is 0 Å². The molecule has 3 rings (SSSR count). The number of aromatic amines is 1. The van der Waals surface area contributed by atoms with Gasteiger partial charge in [-0.15, -0.1) is 27.8 Å². The molecule has 0 fully saturated rings. The molecular formula is C13H13N3S3. The maximum Gasteiger partial charge on any atom is 0.208 e. The van der Waals surface area contributed by atoms with E-state index in [-0.39, 0.29) is 0 Å². The highest BCUT2D eigenvalue weighted by molar-refractivity contribution is 7.98. The van der Waals surface area contributed by atoms with Gasteiger partial charge in [0.25, 0.3) is 0 Å². The third kappa shape index (κ3) is 3.26. The van der Waals surface area contributed by atoms with Crippen LogP contribution in [0.25, 0.3) is 0 Å². The first-order valence-electron chi connectivity index (χ1n) is 5.90. The Hall–Kier alpha value is -1.11. The second-order valence-electron chi connectivity index (χ2n) is 4.14. The monoisotopic (exact) mass is 307 g/mol. The molecule has 3 nitrogen and oxygen atoms in total. The minimum atomic E-state index is 0.833. The maximum atomic E-state index is 4.52. The number of nitrogens with one attached hydrogen (secondary N) is 1. The first kappa shape index (κ1) is 12.9. The maximum absolute atomic E-state index is 4.52. The second kappa shape index (κ2) is 5.90. The summed E-state index contributed by atoms with van der Waals surface area (Å²) in [5.41, 5.74) is 1.35. The van der Waals surface area contributed by atoms with Crippen molar-refractivity contribution in [2.75, 3.05) is 0 Å². The van der Waals surface area contributed by atoms with Gasteiger partial charge in [0, 0.05) is 21.9 Å². The second-order valence-corrected chi connectivity index (χ2v) is 7.11. The molecule has 0 bridgehead atoms. The Labute approximate surface area is 124 Å². The Morgan fingerprint density at radius 1 is 1.26 bits per heavy atom. The van der Waals surface area contributed by atoms with Gasteiger partial charge in [0.1, 0.15) is 5.82 Å². The van der Waals surface area contributed by atoms with Gasteiger partial charge < -0.3 is 0 Å². The lowest BCUT2D eigenvalue weighted by molar-refractivity contribution is 0.960. The number of nitrogens with zero attached hydrogens (tertiary/aromatic N) is 2. The number of thiophene rings is 2. The molecule has 0 unspecified atom stereocenters. The minimum Gasteiger partial charge on any atom is -0.262 e. The number of thioether (sulfide) groups is 1. The largest absolute Gasteiger partial charge is 0.262 e. The van der Waals surface area contributed by atoms with E-state index in [2.05, 4.69) is 51.1 Å². The molecule has 3 aromatic rings. The molecule has 0 radical (unpaired) electrons. The number of aryl methyl sites for hydroxylation is 1. The number of hydrogen-bond donors (Lipinski definition) is 1. The Balaban J connectivity index is 1.60. The molecule has 19 heavy (non-hydrogen) atoms. The fourth-order valence-electron chi connectivity index (χ4n) is 1.68. The molecule has 0 saturated heterocycles. The van der Waals surface area contributed by atoms with Crippen LogP contribution in [0.2, 0.25) is 0 Å². The summed E-state index contributed by atoms with van der Waals surface area (Å²) in [6, 6.07) is 6.33. The summed E-state index contributed by atoms with van der Waals surface area (Å²) in [4.78, 5) is 7.23. The van der Waals surface area contributed by atoms with Crippen molar-refractivity contribution in [2.45, 2.75) is 24.3 Å². The Kier molecular flexibility index (Phi) is 4.00. The molecule has 0 atom stereocenters. The van der Waals surface area contributed by atoms with E-state index in [1.807, 2.05) is 0 Å². The predicted octanol–water partition coefficient (Wildman–Crippen LogP) is 4.12. The summed E-state index contributed by atoms with van der Waals surface area (Å²) >= 11 is 5.23. The van der Waals surface area contributed by atoms with Gasteiger partial charge in [-0.25, -0.2) is 4.98 Å². The average Bonchev–Trinajstić information content (AvgIpc) is 3.10. The summed E-state index contributed by atoms with van der Waals surface area (Å²) in [5.74, 6) is 1.88. The van der Waals surface area contributed by atoms with Crippen molar-refractivity contribution in [3.05, 3.63) is 50.1 Å².